The zero-order chi connectivity index (χ0) is 14.8. The van der Waals surface area contributed by atoms with E-state index in [2.05, 4.69) is 20.9 Å². The van der Waals surface area contributed by atoms with Crippen molar-refractivity contribution in [1.82, 2.24) is 4.98 Å². The number of pyridine rings is 1. The van der Waals surface area contributed by atoms with Crippen molar-refractivity contribution in [3.05, 3.63) is 74.5 Å². The quantitative estimate of drug-likeness (QED) is 0.783. The number of H-pyrrole nitrogens is 1. The van der Waals surface area contributed by atoms with Crippen LogP contribution in [0.15, 0.2) is 57.8 Å². The summed E-state index contributed by atoms with van der Waals surface area (Å²) in [5, 5.41) is 1.03. The topological polar surface area (TPSA) is 42.1 Å². The highest BCUT2D eigenvalue weighted by Crippen LogP contribution is 2.19. The van der Waals surface area contributed by atoms with Gasteiger partial charge in [-0.25, -0.2) is 0 Å². The van der Waals surface area contributed by atoms with E-state index in [1.165, 1.54) is 0 Å². The van der Waals surface area contributed by atoms with E-state index in [1.54, 1.807) is 7.11 Å². The van der Waals surface area contributed by atoms with E-state index in [4.69, 9.17) is 4.74 Å². The van der Waals surface area contributed by atoms with Gasteiger partial charge in [0.25, 0.3) is 5.56 Å². The third-order valence-corrected chi connectivity index (χ3v) is 3.93. The van der Waals surface area contributed by atoms with Crippen LogP contribution in [0, 0.1) is 0 Å². The van der Waals surface area contributed by atoms with Gasteiger partial charge in [-0.1, -0.05) is 34.1 Å². The Balaban J connectivity index is 1.97. The van der Waals surface area contributed by atoms with Crippen LogP contribution in [0.3, 0.4) is 0 Å². The Hall–Kier alpha value is -2.07. The molecule has 1 aromatic heterocycles. The molecule has 3 rings (SSSR count). The van der Waals surface area contributed by atoms with E-state index in [9.17, 15) is 4.79 Å². The maximum Gasteiger partial charge on any atom is 0.251 e. The molecule has 4 heteroatoms. The molecule has 0 amide bonds. The summed E-state index contributed by atoms with van der Waals surface area (Å²) in [5.41, 5.74) is 2.64. The number of benzene rings is 2. The van der Waals surface area contributed by atoms with Crippen LogP contribution in [-0.4, -0.2) is 12.1 Å². The van der Waals surface area contributed by atoms with E-state index < -0.39 is 0 Å². The minimum Gasteiger partial charge on any atom is -0.497 e. The molecule has 106 valence electrons. The molecule has 0 unspecified atom stereocenters. The molecule has 0 fully saturated rings. The smallest absolute Gasteiger partial charge is 0.251 e. The lowest BCUT2D eigenvalue weighted by molar-refractivity contribution is 0.414. The fraction of sp³-hybridized carbons (Fsp3) is 0.118. The number of hydrogen-bond donors (Lipinski definition) is 1. The lowest BCUT2D eigenvalue weighted by Crippen LogP contribution is -2.12. The van der Waals surface area contributed by atoms with E-state index in [0.29, 0.717) is 6.42 Å². The average Bonchev–Trinajstić information content (AvgIpc) is 2.49. The van der Waals surface area contributed by atoms with Gasteiger partial charge in [0, 0.05) is 22.0 Å². The number of aromatic amines is 1. The number of aromatic nitrogens is 1. The summed E-state index contributed by atoms with van der Waals surface area (Å²) < 4.78 is 6.09. The molecular formula is C17H14BrNO2. The zero-order valence-corrected chi connectivity index (χ0v) is 13.1. The highest BCUT2D eigenvalue weighted by molar-refractivity contribution is 9.10. The summed E-state index contributed by atoms with van der Waals surface area (Å²) >= 11 is 3.41. The van der Waals surface area contributed by atoms with Crippen LogP contribution in [0.1, 0.15) is 11.1 Å². The molecule has 3 nitrogen and oxygen atoms in total. The van der Waals surface area contributed by atoms with E-state index in [1.807, 2.05) is 48.5 Å². The minimum absolute atomic E-state index is 0.0450. The molecule has 1 heterocycles. The van der Waals surface area contributed by atoms with Crippen molar-refractivity contribution in [1.29, 1.82) is 0 Å². The number of rotatable bonds is 3. The molecule has 0 saturated carbocycles. The molecule has 0 spiro atoms. The van der Waals surface area contributed by atoms with Crippen LogP contribution in [0.2, 0.25) is 0 Å². The molecule has 0 aliphatic rings. The third kappa shape index (κ3) is 3.00. The average molecular weight is 344 g/mol. The number of hydrogen-bond acceptors (Lipinski definition) is 2. The van der Waals surface area contributed by atoms with Crippen molar-refractivity contribution in [2.45, 2.75) is 6.42 Å². The van der Waals surface area contributed by atoms with Crippen molar-refractivity contribution < 1.29 is 4.74 Å². The Bertz CT molecular complexity index is 838. The van der Waals surface area contributed by atoms with Gasteiger partial charge in [0.05, 0.1) is 7.11 Å². The summed E-state index contributed by atoms with van der Waals surface area (Å²) in [4.78, 5) is 15.1. The number of halogens is 1. The Kier molecular flexibility index (Phi) is 3.80. The van der Waals surface area contributed by atoms with Crippen LogP contribution in [0.25, 0.3) is 10.9 Å². The molecule has 0 atom stereocenters. The van der Waals surface area contributed by atoms with E-state index in [-0.39, 0.29) is 5.56 Å². The molecule has 3 aromatic rings. The predicted octanol–water partition coefficient (Wildman–Crippen LogP) is 3.89. The van der Waals surface area contributed by atoms with Crippen LogP contribution in [0.4, 0.5) is 0 Å². The summed E-state index contributed by atoms with van der Waals surface area (Å²) in [6.07, 6.45) is 0.603. The molecule has 0 radical (unpaired) electrons. The highest BCUT2D eigenvalue weighted by atomic mass is 79.9. The van der Waals surface area contributed by atoms with Crippen molar-refractivity contribution in [3.63, 3.8) is 0 Å². The standard InChI is InChI=1S/C17H14BrNO2/c1-21-15-6-2-11(3-7-15)8-13-9-12-4-5-14(18)10-16(12)19-17(13)20/h2-7,9-10H,8H2,1H3,(H,19,20). The molecule has 2 aromatic carbocycles. The largest absolute Gasteiger partial charge is 0.497 e. The molecule has 0 bridgehead atoms. The van der Waals surface area contributed by atoms with Crippen molar-refractivity contribution in [2.75, 3.05) is 7.11 Å². The van der Waals surface area contributed by atoms with Gasteiger partial charge in [0.2, 0.25) is 0 Å². The first kappa shape index (κ1) is 13.9. The first-order chi connectivity index (χ1) is 10.2. The monoisotopic (exact) mass is 343 g/mol. The molecule has 21 heavy (non-hydrogen) atoms. The third-order valence-electron chi connectivity index (χ3n) is 3.44. The van der Waals surface area contributed by atoms with Gasteiger partial charge in [-0.2, -0.15) is 0 Å². The van der Waals surface area contributed by atoms with E-state index in [0.717, 1.165) is 32.3 Å². The maximum absolute atomic E-state index is 12.2. The summed E-state index contributed by atoms with van der Waals surface area (Å²) in [6.45, 7) is 0. The summed E-state index contributed by atoms with van der Waals surface area (Å²) in [7, 11) is 1.64. The second-order valence-electron chi connectivity index (χ2n) is 4.88. The lowest BCUT2D eigenvalue weighted by atomic mass is 10.0. The van der Waals surface area contributed by atoms with Gasteiger partial charge in [0.1, 0.15) is 5.75 Å². The van der Waals surface area contributed by atoms with Gasteiger partial charge in [-0.15, -0.1) is 0 Å². The normalized spacial score (nSPS) is 10.8. The van der Waals surface area contributed by atoms with Gasteiger partial charge >= 0.3 is 0 Å². The second-order valence-corrected chi connectivity index (χ2v) is 5.80. The van der Waals surface area contributed by atoms with Gasteiger partial charge in [-0.3, -0.25) is 4.79 Å². The maximum atomic E-state index is 12.2. The van der Waals surface area contributed by atoms with Crippen molar-refractivity contribution in [2.24, 2.45) is 0 Å². The van der Waals surface area contributed by atoms with Crippen LogP contribution in [-0.2, 0) is 6.42 Å². The zero-order valence-electron chi connectivity index (χ0n) is 11.5. The van der Waals surface area contributed by atoms with Gasteiger partial charge in [-0.05, 0) is 41.3 Å². The Morgan fingerprint density at radius 2 is 1.86 bits per heavy atom. The number of methoxy groups -OCH3 is 1. The highest BCUT2D eigenvalue weighted by Gasteiger charge is 2.05. The molecule has 1 N–H and O–H groups in total. The second kappa shape index (κ2) is 5.74. The minimum atomic E-state index is -0.0450. The molecule has 0 saturated heterocycles. The Labute approximate surface area is 130 Å². The SMILES string of the molecule is COc1ccc(Cc2cc3ccc(Br)cc3[nH]c2=O)cc1. The van der Waals surface area contributed by atoms with Gasteiger partial charge in [0.15, 0.2) is 0 Å². The molecular weight excluding hydrogens is 330 g/mol. The first-order valence-electron chi connectivity index (χ1n) is 6.60. The number of nitrogens with one attached hydrogen (secondary N) is 1. The lowest BCUT2D eigenvalue weighted by Gasteiger charge is -2.05. The van der Waals surface area contributed by atoms with Crippen LogP contribution < -0.4 is 10.3 Å². The predicted molar refractivity (Wildman–Crippen MR) is 88.1 cm³/mol. The van der Waals surface area contributed by atoms with Crippen molar-refractivity contribution in [3.8, 4) is 5.75 Å². The van der Waals surface area contributed by atoms with E-state index >= 15 is 0 Å². The number of fused-ring (bicyclic) bond motifs is 1. The molecule has 0 aliphatic carbocycles. The first-order valence-corrected chi connectivity index (χ1v) is 7.39. The number of ether oxygens (including phenoxy) is 1. The Morgan fingerprint density at radius 1 is 1.10 bits per heavy atom. The van der Waals surface area contributed by atoms with Crippen LogP contribution >= 0.6 is 15.9 Å². The molecule has 0 aliphatic heterocycles. The fourth-order valence-corrected chi connectivity index (χ4v) is 2.67. The summed E-state index contributed by atoms with van der Waals surface area (Å²) in [5.74, 6) is 0.816. The van der Waals surface area contributed by atoms with Crippen LogP contribution in [0.5, 0.6) is 5.75 Å². The Morgan fingerprint density at radius 3 is 2.57 bits per heavy atom. The summed E-state index contributed by atoms with van der Waals surface area (Å²) in [6, 6.07) is 15.6. The van der Waals surface area contributed by atoms with Crippen molar-refractivity contribution >= 4 is 26.8 Å². The fourth-order valence-electron chi connectivity index (χ4n) is 2.31. The van der Waals surface area contributed by atoms with Gasteiger partial charge < -0.3 is 9.72 Å².